The summed E-state index contributed by atoms with van der Waals surface area (Å²) in [4.78, 5) is 38.3. The lowest BCUT2D eigenvalue weighted by Gasteiger charge is -2.24. The van der Waals surface area contributed by atoms with Gasteiger partial charge in [-0.2, -0.15) is 0 Å². The van der Waals surface area contributed by atoms with Crippen molar-refractivity contribution in [3.63, 3.8) is 0 Å². The largest absolute Gasteiger partial charge is 0.481 e. The van der Waals surface area contributed by atoms with E-state index in [4.69, 9.17) is 4.74 Å². The zero-order chi connectivity index (χ0) is 18.3. The van der Waals surface area contributed by atoms with Crippen LogP contribution in [0.4, 0.5) is 5.69 Å². The maximum Gasteiger partial charge on any atom is 0.310 e. The normalized spacial score (nSPS) is 29.8. The van der Waals surface area contributed by atoms with E-state index in [-0.39, 0.29) is 24.0 Å². The van der Waals surface area contributed by atoms with Crippen molar-refractivity contribution in [2.75, 3.05) is 18.4 Å². The summed E-state index contributed by atoms with van der Waals surface area (Å²) in [7, 11) is 0. The van der Waals surface area contributed by atoms with Crippen LogP contribution >= 0.6 is 0 Å². The van der Waals surface area contributed by atoms with Crippen LogP contribution in [0.5, 0.6) is 0 Å². The first-order valence-corrected chi connectivity index (χ1v) is 9.13. The highest BCUT2D eigenvalue weighted by Gasteiger charge is 2.55. The zero-order valence-electron chi connectivity index (χ0n) is 14.4. The SMILES string of the molecule is O=C(O)[C@@H]1[C@H](C(=O)Nc2ccc(C(=O)N3CCCC3)cc2)[C@H]2CC[C@@H]1O2. The second kappa shape index (κ2) is 6.72. The third kappa shape index (κ3) is 2.96. The summed E-state index contributed by atoms with van der Waals surface area (Å²) >= 11 is 0. The van der Waals surface area contributed by atoms with Gasteiger partial charge in [0.15, 0.2) is 0 Å². The van der Waals surface area contributed by atoms with E-state index in [9.17, 15) is 19.5 Å². The molecule has 0 aromatic heterocycles. The van der Waals surface area contributed by atoms with E-state index < -0.39 is 17.8 Å². The van der Waals surface area contributed by atoms with Gasteiger partial charge >= 0.3 is 5.97 Å². The highest BCUT2D eigenvalue weighted by Crippen LogP contribution is 2.44. The summed E-state index contributed by atoms with van der Waals surface area (Å²) in [6, 6.07) is 6.76. The first kappa shape index (κ1) is 17.0. The van der Waals surface area contributed by atoms with Crippen molar-refractivity contribution >= 4 is 23.5 Å². The Labute approximate surface area is 151 Å². The molecule has 7 nitrogen and oxygen atoms in total. The molecule has 3 aliphatic rings. The fourth-order valence-electron chi connectivity index (χ4n) is 4.35. The summed E-state index contributed by atoms with van der Waals surface area (Å²) in [6.07, 6.45) is 2.80. The number of carboxylic acids is 1. The number of nitrogens with one attached hydrogen (secondary N) is 1. The number of rotatable bonds is 4. The standard InChI is InChI=1S/C19H22N2O5/c22-17(15-13-7-8-14(26-13)16(15)19(24)25)20-12-5-3-11(4-6-12)18(23)21-9-1-2-10-21/h3-6,13-16H,1-2,7-10H2,(H,20,22)(H,24,25)/t13-,14+,15-,16+/m1/s1. The fraction of sp³-hybridized carbons (Fsp3) is 0.526. The lowest BCUT2D eigenvalue weighted by molar-refractivity contribution is -0.147. The first-order valence-electron chi connectivity index (χ1n) is 9.13. The molecular weight excluding hydrogens is 336 g/mol. The van der Waals surface area contributed by atoms with Crippen molar-refractivity contribution in [2.24, 2.45) is 11.8 Å². The Morgan fingerprint density at radius 3 is 2.23 bits per heavy atom. The van der Waals surface area contributed by atoms with E-state index in [1.54, 1.807) is 24.3 Å². The van der Waals surface area contributed by atoms with Gasteiger partial charge < -0.3 is 20.1 Å². The highest BCUT2D eigenvalue weighted by atomic mass is 16.5. The number of likely N-dealkylation sites (tertiary alicyclic amines) is 1. The van der Waals surface area contributed by atoms with Crippen LogP contribution in [-0.2, 0) is 14.3 Å². The Hall–Kier alpha value is -2.41. The molecule has 7 heteroatoms. The molecule has 3 aliphatic heterocycles. The van der Waals surface area contributed by atoms with Crippen molar-refractivity contribution in [3.8, 4) is 0 Å². The summed E-state index contributed by atoms with van der Waals surface area (Å²) in [5, 5.41) is 12.2. The monoisotopic (exact) mass is 358 g/mol. The van der Waals surface area contributed by atoms with Gasteiger partial charge in [-0.25, -0.2) is 0 Å². The molecule has 2 bridgehead atoms. The maximum absolute atomic E-state index is 12.6. The molecule has 0 saturated carbocycles. The number of nitrogens with zero attached hydrogens (tertiary/aromatic N) is 1. The van der Waals surface area contributed by atoms with Crippen LogP contribution in [0, 0.1) is 11.8 Å². The number of anilines is 1. The second-order valence-electron chi connectivity index (χ2n) is 7.25. The van der Waals surface area contributed by atoms with Crippen LogP contribution in [-0.4, -0.2) is 53.1 Å². The van der Waals surface area contributed by atoms with E-state index in [0.717, 1.165) is 32.4 Å². The predicted molar refractivity (Wildman–Crippen MR) is 92.7 cm³/mol. The van der Waals surface area contributed by atoms with Gasteiger partial charge in [-0.05, 0) is 49.9 Å². The zero-order valence-corrected chi connectivity index (χ0v) is 14.4. The molecule has 2 N–H and O–H groups in total. The lowest BCUT2D eigenvalue weighted by atomic mass is 9.78. The van der Waals surface area contributed by atoms with Crippen molar-refractivity contribution < 1.29 is 24.2 Å². The number of fused-ring (bicyclic) bond motifs is 2. The number of hydrogen-bond donors (Lipinski definition) is 2. The molecule has 1 aromatic carbocycles. The molecule has 0 aliphatic carbocycles. The van der Waals surface area contributed by atoms with E-state index in [1.165, 1.54) is 0 Å². The molecule has 26 heavy (non-hydrogen) atoms. The van der Waals surface area contributed by atoms with Gasteiger partial charge in [0.05, 0.1) is 24.0 Å². The van der Waals surface area contributed by atoms with E-state index >= 15 is 0 Å². The Bertz CT molecular complexity index is 726. The molecule has 138 valence electrons. The van der Waals surface area contributed by atoms with Crippen LogP contribution in [0.15, 0.2) is 24.3 Å². The Morgan fingerprint density at radius 1 is 1.00 bits per heavy atom. The summed E-state index contributed by atoms with van der Waals surface area (Å²) in [5.41, 5.74) is 1.15. The molecule has 3 fully saturated rings. The van der Waals surface area contributed by atoms with Crippen molar-refractivity contribution in [1.82, 2.24) is 4.90 Å². The predicted octanol–water partition coefficient (Wildman–Crippen LogP) is 1.74. The van der Waals surface area contributed by atoms with Gasteiger partial charge in [0.25, 0.3) is 5.91 Å². The van der Waals surface area contributed by atoms with Crippen LogP contribution in [0.1, 0.15) is 36.0 Å². The molecule has 4 rings (SSSR count). The number of amides is 2. The Kier molecular flexibility index (Phi) is 4.40. The molecule has 3 saturated heterocycles. The number of benzene rings is 1. The molecule has 0 unspecified atom stereocenters. The van der Waals surface area contributed by atoms with Gasteiger partial charge in [-0.1, -0.05) is 0 Å². The Morgan fingerprint density at radius 2 is 1.62 bits per heavy atom. The summed E-state index contributed by atoms with van der Waals surface area (Å²) < 4.78 is 5.63. The summed E-state index contributed by atoms with van der Waals surface area (Å²) in [5.74, 6) is -2.76. The van der Waals surface area contributed by atoms with Crippen molar-refractivity contribution in [1.29, 1.82) is 0 Å². The first-order chi connectivity index (χ1) is 12.5. The van der Waals surface area contributed by atoms with Gasteiger partial charge in [-0.3, -0.25) is 14.4 Å². The van der Waals surface area contributed by atoms with Crippen LogP contribution < -0.4 is 5.32 Å². The number of ether oxygens (including phenoxy) is 1. The van der Waals surface area contributed by atoms with Crippen LogP contribution in [0.2, 0.25) is 0 Å². The van der Waals surface area contributed by atoms with Gasteiger partial charge in [0, 0.05) is 24.3 Å². The quantitative estimate of drug-likeness (QED) is 0.855. The molecule has 0 spiro atoms. The third-order valence-electron chi connectivity index (χ3n) is 5.65. The molecule has 0 radical (unpaired) electrons. The van der Waals surface area contributed by atoms with Gasteiger partial charge in [0.1, 0.15) is 0 Å². The number of hydrogen-bond acceptors (Lipinski definition) is 4. The Balaban J connectivity index is 1.43. The number of carboxylic acid groups (broad SMARTS) is 1. The topological polar surface area (TPSA) is 95.9 Å². The molecule has 4 atom stereocenters. The molecule has 1 aromatic rings. The minimum absolute atomic E-state index is 0.00724. The van der Waals surface area contributed by atoms with Crippen LogP contribution in [0.3, 0.4) is 0 Å². The van der Waals surface area contributed by atoms with Crippen LogP contribution in [0.25, 0.3) is 0 Å². The van der Waals surface area contributed by atoms with Gasteiger partial charge in [-0.15, -0.1) is 0 Å². The molecule has 2 amide bonds. The smallest absolute Gasteiger partial charge is 0.310 e. The van der Waals surface area contributed by atoms with E-state index in [0.29, 0.717) is 17.7 Å². The summed E-state index contributed by atoms with van der Waals surface area (Å²) in [6.45, 7) is 1.58. The average molecular weight is 358 g/mol. The number of carbonyl (C=O) groups excluding carboxylic acids is 2. The average Bonchev–Trinajstić information content (AvgIpc) is 3.37. The lowest BCUT2D eigenvalue weighted by Crippen LogP contribution is -2.40. The second-order valence-corrected chi connectivity index (χ2v) is 7.25. The highest BCUT2D eigenvalue weighted by molar-refractivity contribution is 5.98. The molecule has 3 heterocycles. The number of carbonyl (C=O) groups is 3. The minimum Gasteiger partial charge on any atom is -0.481 e. The van der Waals surface area contributed by atoms with Crippen molar-refractivity contribution in [2.45, 2.75) is 37.9 Å². The van der Waals surface area contributed by atoms with E-state index in [1.807, 2.05) is 4.90 Å². The van der Waals surface area contributed by atoms with Crippen molar-refractivity contribution in [3.05, 3.63) is 29.8 Å². The molecular formula is C19H22N2O5. The van der Waals surface area contributed by atoms with E-state index in [2.05, 4.69) is 5.32 Å². The number of aliphatic carboxylic acids is 1. The van der Waals surface area contributed by atoms with Gasteiger partial charge in [0.2, 0.25) is 5.91 Å². The maximum atomic E-state index is 12.6. The third-order valence-corrected chi connectivity index (χ3v) is 5.65. The minimum atomic E-state index is -0.982. The fourth-order valence-corrected chi connectivity index (χ4v) is 4.35.